The lowest BCUT2D eigenvalue weighted by molar-refractivity contribution is -0.142. The fourth-order valence-electron chi connectivity index (χ4n) is 2.49. The number of benzene rings is 1. The van der Waals surface area contributed by atoms with Gasteiger partial charge in [0.1, 0.15) is 0 Å². The maximum absolute atomic E-state index is 12.0. The maximum atomic E-state index is 12.0. The summed E-state index contributed by atoms with van der Waals surface area (Å²) in [6.07, 6.45) is 1.37. The van der Waals surface area contributed by atoms with E-state index in [1.165, 1.54) is 0 Å². The molecule has 0 fully saturated rings. The lowest BCUT2D eigenvalue weighted by Crippen LogP contribution is -2.30. The van der Waals surface area contributed by atoms with Crippen molar-refractivity contribution in [2.24, 2.45) is 0 Å². The number of rotatable bonds is 6. The van der Waals surface area contributed by atoms with Gasteiger partial charge in [0.15, 0.2) is 0 Å². The number of carbonyl (C=O) groups excluding carboxylic acids is 1. The van der Waals surface area contributed by atoms with Crippen LogP contribution >= 0.6 is 0 Å². The van der Waals surface area contributed by atoms with Crippen LogP contribution in [-0.4, -0.2) is 26.7 Å². The molecule has 21 heavy (non-hydrogen) atoms. The molecule has 1 aromatic rings. The molecule has 7 heteroatoms. The third-order valence-corrected chi connectivity index (χ3v) is 4.83. The lowest BCUT2D eigenvalue weighted by Gasteiger charge is -2.14. The summed E-state index contributed by atoms with van der Waals surface area (Å²) >= 11 is 0. The molecule has 0 bridgehead atoms. The monoisotopic (exact) mass is 312 g/mol. The molecule has 1 atom stereocenters. The van der Waals surface area contributed by atoms with Crippen LogP contribution in [0.15, 0.2) is 18.2 Å². The third-order valence-electron chi connectivity index (χ3n) is 3.45. The average molecular weight is 312 g/mol. The number of hydrogen-bond donors (Lipinski definition) is 2. The Bertz CT molecular complexity index is 628. The van der Waals surface area contributed by atoms with Gasteiger partial charge in [-0.2, -0.15) is 0 Å². The molecule has 0 saturated carbocycles. The molecule has 0 saturated heterocycles. The standard InChI is InChI=1S/C14H20N2O4S/c1-2-20-14(17)7-8-21(18,19)16-13-6-3-10-9-11(15)4-5-12(10)13/h4-5,9,13,16H,2-3,6-8,15H2,1H3. The van der Waals surface area contributed by atoms with Crippen molar-refractivity contribution < 1.29 is 17.9 Å². The Morgan fingerprint density at radius 1 is 1.48 bits per heavy atom. The molecule has 1 aliphatic carbocycles. The minimum Gasteiger partial charge on any atom is -0.466 e. The number of aryl methyl sites for hydroxylation is 1. The number of ether oxygens (including phenoxy) is 1. The SMILES string of the molecule is CCOC(=O)CCS(=O)(=O)NC1CCc2cc(N)ccc21. The van der Waals surface area contributed by atoms with Crippen LogP contribution in [-0.2, 0) is 26.0 Å². The molecule has 3 N–H and O–H groups in total. The molecule has 0 aliphatic heterocycles. The van der Waals surface area contributed by atoms with Gasteiger partial charge in [0.25, 0.3) is 0 Å². The Labute approximate surface area is 124 Å². The molecule has 6 nitrogen and oxygen atoms in total. The molecule has 1 unspecified atom stereocenters. The van der Waals surface area contributed by atoms with Crippen LogP contribution in [0.2, 0.25) is 0 Å². The molecule has 0 radical (unpaired) electrons. The second kappa shape index (κ2) is 6.44. The molecular formula is C14H20N2O4S. The number of nitrogen functional groups attached to an aromatic ring is 1. The van der Waals surface area contributed by atoms with Crippen LogP contribution in [0.4, 0.5) is 5.69 Å². The van der Waals surface area contributed by atoms with Gasteiger partial charge in [0, 0.05) is 11.7 Å². The maximum Gasteiger partial charge on any atom is 0.306 e. The summed E-state index contributed by atoms with van der Waals surface area (Å²) in [7, 11) is -3.51. The van der Waals surface area contributed by atoms with Gasteiger partial charge in [-0.3, -0.25) is 4.79 Å². The van der Waals surface area contributed by atoms with Crippen molar-refractivity contribution >= 4 is 21.7 Å². The van der Waals surface area contributed by atoms with E-state index >= 15 is 0 Å². The van der Waals surface area contributed by atoms with Gasteiger partial charge in [-0.15, -0.1) is 0 Å². The van der Waals surface area contributed by atoms with Crippen molar-refractivity contribution in [2.45, 2.75) is 32.2 Å². The second-order valence-electron chi connectivity index (χ2n) is 5.04. The van der Waals surface area contributed by atoms with E-state index < -0.39 is 16.0 Å². The zero-order valence-electron chi connectivity index (χ0n) is 12.0. The van der Waals surface area contributed by atoms with E-state index in [1.54, 1.807) is 13.0 Å². The molecule has 0 aromatic heterocycles. The third kappa shape index (κ3) is 4.18. The van der Waals surface area contributed by atoms with Crippen molar-refractivity contribution in [3.63, 3.8) is 0 Å². The Balaban J connectivity index is 1.98. The molecule has 116 valence electrons. The Morgan fingerprint density at radius 2 is 2.24 bits per heavy atom. The lowest BCUT2D eigenvalue weighted by atomic mass is 10.1. The van der Waals surface area contributed by atoms with Crippen molar-refractivity contribution in [3.05, 3.63) is 29.3 Å². The first-order valence-electron chi connectivity index (χ1n) is 6.95. The van der Waals surface area contributed by atoms with E-state index in [-0.39, 0.29) is 24.8 Å². The van der Waals surface area contributed by atoms with Gasteiger partial charge < -0.3 is 10.5 Å². The van der Waals surface area contributed by atoms with Crippen molar-refractivity contribution in [1.29, 1.82) is 0 Å². The Hall–Kier alpha value is -1.60. The van der Waals surface area contributed by atoms with E-state index in [0.29, 0.717) is 12.1 Å². The summed E-state index contributed by atoms with van der Waals surface area (Å²) in [6.45, 7) is 1.94. The molecule has 0 spiro atoms. The zero-order valence-corrected chi connectivity index (χ0v) is 12.8. The molecule has 1 aliphatic rings. The van der Waals surface area contributed by atoms with Crippen LogP contribution in [0.5, 0.6) is 0 Å². The van der Waals surface area contributed by atoms with Crippen molar-refractivity contribution in [2.75, 3.05) is 18.1 Å². The van der Waals surface area contributed by atoms with E-state index in [4.69, 9.17) is 10.5 Å². The number of nitrogens with one attached hydrogen (secondary N) is 1. The van der Waals surface area contributed by atoms with Crippen LogP contribution in [0, 0.1) is 0 Å². The molecule has 0 heterocycles. The summed E-state index contributed by atoms with van der Waals surface area (Å²) in [5, 5.41) is 0. The van der Waals surface area contributed by atoms with Crippen LogP contribution in [0.25, 0.3) is 0 Å². The minimum atomic E-state index is -3.51. The van der Waals surface area contributed by atoms with Gasteiger partial charge in [-0.25, -0.2) is 13.1 Å². The zero-order chi connectivity index (χ0) is 15.5. The van der Waals surface area contributed by atoms with Gasteiger partial charge in [-0.05, 0) is 43.0 Å². The number of carbonyl (C=O) groups is 1. The second-order valence-corrected chi connectivity index (χ2v) is 6.91. The normalized spacial score (nSPS) is 17.5. The Morgan fingerprint density at radius 3 is 2.95 bits per heavy atom. The van der Waals surface area contributed by atoms with Crippen LogP contribution in [0.3, 0.4) is 0 Å². The summed E-state index contributed by atoms with van der Waals surface area (Å²) in [5.74, 6) is -0.755. The largest absolute Gasteiger partial charge is 0.466 e. The number of esters is 1. The highest BCUT2D eigenvalue weighted by molar-refractivity contribution is 7.89. The fourth-order valence-corrected chi connectivity index (χ4v) is 3.72. The molecular weight excluding hydrogens is 292 g/mol. The number of fused-ring (bicyclic) bond motifs is 1. The van der Waals surface area contributed by atoms with Crippen LogP contribution in [0.1, 0.15) is 36.9 Å². The highest BCUT2D eigenvalue weighted by atomic mass is 32.2. The van der Waals surface area contributed by atoms with E-state index in [9.17, 15) is 13.2 Å². The van der Waals surface area contributed by atoms with E-state index in [0.717, 1.165) is 17.5 Å². The summed E-state index contributed by atoms with van der Waals surface area (Å²) in [6, 6.07) is 5.26. The quantitative estimate of drug-likeness (QED) is 0.606. The van der Waals surface area contributed by atoms with Gasteiger partial charge in [-0.1, -0.05) is 6.07 Å². The van der Waals surface area contributed by atoms with Gasteiger partial charge in [0.05, 0.1) is 18.8 Å². The smallest absolute Gasteiger partial charge is 0.306 e. The summed E-state index contributed by atoms with van der Waals surface area (Å²) < 4.78 is 31.4. The first-order chi connectivity index (χ1) is 9.91. The number of anilines is 1. The van der Waals surface area contributed by atoms with Crippen molar-refractivity contribution in [3.8, 4) is 0 Å². The highest BCUT2D eigenvalue weighted by Gasteiger charge is 2.26. The van der Waals surface area contributed by atoms with Gasteiger partial charge >= 0.3 is 5.97 Å². The van der Waals surface area contributed by atoms with Crippen LogP contribution < -0.4 is 10.5 Å². The molecule has 0 amide bonds. The van der Waals surface area contributed by atoms with E-state index in [2.05, 4.69) is 4.72 Å². The van der Waals surface area contributed by atoms with Crippen molar-refractivity contribution in [1.82, 2.24) is 4.72 Å². The van der Waals surface area contributed by atoms with Gasteiger partial charge in [0.2, 0.25) is 10.0 Å². The Kier molecular flexibility index (Phi) is 4.84. The highest BCUT2D eigenvalue weighted by Crippen LogP contribution is 2.32. The average Bonchev–Trinajstić information content (AvgIpc) is 2.79. The minimum absolute atomic E-state index is 0.134. The number of hydrogen-bond acceptors (Lipinski definition) is 5. The summed E-state index contributed by atoms with van der Waals surface area (Å²) in [5.41, 5.74) is 8.44. The first kappa shape index (κ1) is 15.8. The predicted molar refractivity (Wildman–Crippen MR) is 80.1 cm³/mol. The van der Waals surface area contributed by atoms with E-state index in [1.807, 2.05) is 12.1 Å². The number of nitrogens with two attached hydrogens (primary N) is 1. The number of sulfonamides is 1. The summed E-state index contributed by atoms with van der Waals surface area (Å²) in [4.78, 5) is 11.2. The first-order valence-corrected chi connectivity index (χ1v) is 8.60. The molecule has 2 rings (SSSR count). The molecule has 1 aromatic carbocycles. The topological polar surface area (TPSA) is 98.5 Å². The predicted octanol–water partition coefficient (Wildman–Crippen LogP) is 1.13. The fraction of sp³-hybridized carbons (Fsp3) is 0.500.